The fraction of sp³-hybridized carbons (Fsp3) is 0.923. The standard InChI is InChI=1S/C26H50O7S/c1-3-5-7-9-11-13-15-17-19-21-26(25(29)30,23(24(27)28)34(31,32)33)22-20-18-16-14-12-10-8-6-4-2/h23H,3-22H2,1-2H3,(H,27,28)(H,29,30)(H,31,32,33). The highest BCUT2D eigenvalue weighted by atomic mass is 32.2. The van der Waals surface area contributed by atoms with Crippen LogP contribution in [0.4, 0.5) is 0 Å². The third-order valence-electron chi connectivity index (χ3n) is 6.90. The van der Waals surface area contributed by atoms with Gasteiger partial charge < -0.3 is 10.2 Å². The maximum absolute atomic E-state index is 12.3. The number of carboxylic acid groups (broad SMARTS) is 2. The molecule has 0 aromatic rings. The number of aliphatic carboxylic acids is 2. The molecule has 0 spiro atoms. The first-order valence-corrected chi connectivity index (χ1v) is 15.1. The van der Waals surface area contributed by atoms with Gasteiger partial charge in [-0.2, -0.15) is 8.42 Å². The molecule has 0 amide bonds. The smallest absolute Gasteiger partial charge is 0.325 e. The lowest BCUT2D eigenvalue weighted by Gasteiger charge is -2.33. The minimum Gasteiger partial charge on any atom is -0.481 e. The zero-order chi connectivity index (χ0) is 25.9. The summed E-state index contributed by atoms with van der Waals surface area (Å²) in [5.41, 5.74) is -2.01. The summed E-state index contributed by atoms with van der Waals surface area (Å²) in [6, 6.07) is 0. The number of hydrogen-bond acceptors (Lipinski definition) is 4. The van der Waals surface area contributed by atoms with E-state index >= 15 is 0 Å². The van der Waals surface area contributed by atoms with E-state index in [1.165, 1.54) is 51.4 Å². The summed E-state index contributed by atoms with van der Waals surface area (Å²) in [5, 5.41) is 17.2. The first kappa shape index (κ1) is 32.8. The Labute approximate surface area is 207 Å². The monoisotopic (exact) mass is 506 g/mol. The molecular formula is C26H50O7S. The van der Waals surface area contributed by atoms with Crippen molar-refractivity contribution in [3.8, 4) is 0 Å². The van der Waals surface area contributed by atoms with Crippen LogP contribution in [0.15, 0.2) is 0 Å². The van der Waals surface area contributed by atoms with Crippen LogP contribution in [0.2, 0.25) is 0 Å². The van der Waals surface area contributed by atoms with Gasteiger partial charge in [0, 0.05) is 0 Å². The van der Waals surface area contributed by atoms with Gasteiger partial charge in [0.1, 0.15) is 0 Å². The molecule has 0 fully saturated rings. The summed E-state index contributed by atoms with van der Waals surface area (Å²) in [5.74, 6) is -3.24. The highest BCUT2D eigenvalue weighted by molar-refractivity contribution is 7.87. The van der Waals surface area contributed by atoms with E-state index < -0.39 is 32.7 Å². The van der Waals surface area contributed by atoms with E-state index in [1.807, 2.05) is 0 Å². The summed E-state index contributed by atoms with van der Waals surface area (Å²) in [6.45, 7) is 4.33. The van der Waals surface area contributed by atoms with E-state index in [2.05, 4.69) is 13.8 Å². The molecular weight excluding hydrogens is 456 g/mol. The number of hydrogen-bond donors (Lipinski definition) is 3. The van der Waals surface area contributed by atoms with Crippen LogP contribution in [0.1, 0.15) is 142 Å². The molecule has 1 atom stereocenters. The van der Waals surface area contributed by atoms with Gasteiger partial charge in [-0.05, 0) is 12.8 Å². The highest BCUT2D eigenvalue weighted by Gasteiger charge is 2.55. The van der Waals surface area contributed by atoms with Gasteiger partial charge in [0.2, 0.25) is 0 Å². The summed E-state index contributed by atoms with van der Waals surface area (Å²) in [7, 11) is -5.07. The van der Waals surface area contributed by atoms with Crippen molar-refractivity contribution >= 4 is 22.1 Å². The fourth-order valence-corrected chi connectivity index (χ4v) is 6.03. The highest BCUT2D eigenvalue weighted by Crippen LogP contribution is 2.39. The van der Waals surface area contributed by atoms with Crippen molar-refractivity contribution in [2.45, 2.75) is 148 Å². The largest absolute Gasteiger partial charge is 0.481 e. The summed E-state index contributed by atoms with van der Waals surface area (Å²) in [6.07, 6.45) is 17.9. The number of rotatable bonds is 24. The van der Waals surface area contributed by atoms with Crippen LogP contribution in [0.25, 0.3) is 0 Å². The molecule has 1 unspecified atom stereocenters. The van der Waals surface area contributed by atoms with Crippen molar-refractivity contribution in [2.75, 3.05) is 0 Å². The van der Waals surface area contributed by atoms with E-state index in [0.29, 0.717) is 12.8 Å². The van der Waals surface area contributed by atoms with Crippen molar-refractivity contribution in [1.82, 2.24) is 0 Å². The molecule has 0 bridgehead atoms. The molecule has 0 aromatic heterocycles. The summed E-state index contributed by atoms with van der Waals surface area (Å²) in [4.78, 5) is 24.1. The van der Waals surface area contributed by atoms with Gasteiger partial charge in [0.05, 0.1) is 5.41 Å². The molecule has 0 aromatic carbocycles. The van der Waals surface area contributed by atoms with Crippen LogP contribution in [-0.4, -0.2) is 40.4 Å². The maximum Gasteiger partial charge on any atom is 0.325 e. The summed E-state index contributed by atoms with van der Waals surface area (Å²) < 4.78 is 33.6. The Morgan fingerprint density at radius 3 is 1.15 bits per heavy atom. The third-order valence-corrected chi connectivity index (χ3v) is 8.15. The van der Waals surface area contributed by atoms with Gasteiger partial charge in [-0.3, -0.25) is 14.1 Å². The Morgan fingerprint density at radius 2 is 0.912 bits per heavy atom. The minimum atomic E-state index is -5.07. The molecule has 0 heterocycles. The number of carbonyl (C=O) groups is 2. The average molecular weight is 507 g/mol. The van der Waals surface area contributed by atoms with Crippen molar-refractivity contribution in [3.05, 3.63) is 0 Å². The van der Waals surface area contributed by atoms with Crippen molar-refractivity contribution < 1.29 is 32.8 Å². The molecule has 8 heteroatoms. The second-order valence-electron chi connectivity index (χ2n) is 9.85. The van der Waals surface area contributed by atoms with Crippen LogP contribution in [0.3, 0.4) is 0 Å². The molecule has 3 N–H and O–H groups in total. The predicted octanol–water partition coefficient (Wildman–Crippen LogP) is 7.24. The lowest BCUT2D eigenvalue weighted by molar-refractivity contribution is -0.156. The SMILES string of the molecule is CCCCCCCCCCCC(CCCCCCCCCCC)(C(=O)O)C(C(=O)O)S(=O)(=O)O. The Balaban J connectivity index is 4.94. The van der Waals surface area contributed by atoms with Crippen LogP contribution in [0, 0.1) is 5.41 Å². The van der Waals surface area contributed by atoms with Crippen LogP contribution in [0.5, 0.6) is 0 Å². The second kappa shape index (κ2) is 19.1. The topological polar surface area (TPSA) is 129 Å². The Morgan fingerprint density at radius 1 is 0.618 bits per heavy atom. The maximum atomic E-state index is 12.3. The molecule has 0 saturated carbocycles. The zero-order valence-electron chi connectivity index (χ0n) is 21.6. The lowest BCUT2D eigenvalue weighted by Crippen LogP contribution is -2.51. The first-order valence-electron chi connectivity index (χ1n) is 13.6. The Hall–Kier alpha value is -1.15. The Bertz CT molecular complexity index is 624. The molecule has 202 valence electrons. The van der Waals surface area contributed by atoms with Gasteiger partial charge in [-0.15, -0.1) is 0 Å². The zero-order valence-corrected chi connectivity index (χ0v) is 22.4. The van der Waals surface area contributed by atoms with Crippen molar-refractivity contribution in [1.29, 1.82) is 0 Å². The molecule has 0 rings (SSSR count). The van der Waals surface area contributed by atoms with E-state index in [1.54, 1.807) is 0 Å². The molecule has 0 aliphatic heterocycles. The molecule has 34 heavy (non-hydrogen) atoms. The van der Waals surface area contributed by atoms with E-state index in [9.17, 15) is 32.8 Å². The van der Waals surface area contributed by atoms with E-state index in [4.69, 9.17) is 0 Å². The predicted molar refractivity (Wildman–Crippen MR) is 137 cm³/mol. The van der Waals surface area contributed by atoms with Gasteiger partial charge in [-0.25, -0.2) is 0 Å². The Kier molecular flexibility index (Phi) is 18.4. The van der Waals surface area contributed by atoms with E-state index in [-0.39, 0.29) is 12.8 Å². The lowest BCUT2D eigenvalue weighted by atomic mass is 9.74. The normalized spacial score (nSPS) is 13.1. The van der Waals surface area contributed by atoms with Gasteiger partial charge in [0.25, 0.3) is 10.1 Å². The number of unbranched alkanes of at least 4 members (excludes halogenated alkanes) is 16. The summed E-state index contributed by atoms with van der Waals surface area (Å²) >= 11 is 0. The van der Waals surface area contributed by atoms with Gasteiger partial charge in [-0.1, -0.05) is 129 Å². The van der Waals surface area contributed by atoms with Crippen molar-refractivity contribution in [2.24, 2.45) is 5.41 Å². The average Bonchev–Trinajstić information content (AvgIpc) is 2.75. The van der Waals surface area contributed by atoms with Gasteiger partial charge in [0.15, 0.2) is 5.25 Å². The molecule has 0 saturated heterocycles. The van der Waals surface area contributed by atoms with Crippen LogP contribution < -0.4 is 0 Å². The second-order valence-corrected chi connectivity index (χ2v) is 11.4. The quantitative estimate of drug-likeness (QED) is 0.0929. The fourth-order valence-electron chi connectivity index (χ4n) is 4.86. The van der Waals surface area contributed by atoms with Crippen molar-refractivity contribution in [3.63, 3.8) is 0 Å². The minimum absolute atomic E-state index is 0.0635. The first-order chi connectivity index (χ1) is 16.1. The van der Waals surface area contributed by atoms with Gasteiger partial charge >= 0.3 is 11.9 Å². The number of carboxylic acids is 2. The van der Waals surface area contributed by atoms with Crippen LogP contribution >= 0.6 is 0 Å². The van der Waals surface area contributed by atoms with E-state index in [0.717, 1.165) is 51.4 Å². The molecule has 7 nitrogen and oxygen atoms in total. The molecule has 0 aliphatic carbocycles. The van der Waals surface area contributed by atoms with Crippen LogP contribution in [-0.2, 0) is 19.7 Å². The third kappa shape index (κ3) is 13.7. The molecule has 0 aliphatic rings. The molecule has 0 radical (unpaired) electrons.